The van der Waals surface area contributed by atoms with Crippen molar-refractivity contribution in [3.63, 3.8) is 0 Å². The van der Waals surface area contributed by atoms with Gasteiger partial charge in [-0.25, -0.2) is 8.42 Å². The molecular formula is HO4SSc-. The Kier molecular flexibility index (Phi) is 4.68. The summed E-state index contributed by atoms with van der Waals surface area (Å²) in [5.41, 5.74) is 0. The molecule has 4 nitrogen and oxygen atoms in total. The van der Waals surface area contributed by atoms with Crippen LogP contribution in [0.2, 0.25) is 0 Å². The van der Waals surface area contributed by atoms with Gasteiger partial charge in [0.15, 0.2) is 0 Å². The van der Waals surface area contributed by atoms with E-state index in [4.69, 9.17) is 17.5 Å². The van der Waals surface area contributed by atoms with Crippen LogP contribution in [-0.4, -0.2) is 17.5 Å². The van der Waals surface area contributed by atoms with Gasteiger partial charge in [-0.15, -0.1) is 0 Å². The Morgan fingerprint density at radius 2 is 1.50 bits per heavy atom. The summed E-state index contributed by atoms with van der Waals surface area (Å²) in [7, 11) is -4.92. The molecule has 0 aromatic rings. The second-order valence-electron chi connectivity index (χ2n) is 0.428. The van der Waals surface area contributed by atoms with E-state index in [2.05, 4.69) is 0 Å². The molecule has 0 unspecified atom stereocenters. The first-order valence-electron chi connectivity index (χ1n) is 0.683. The Bertz CT molecular complexity index is 90.7. The average molecular weight is 142 g/mol. The van der Waals surface area contributed by atoms with E-state index in [9.17, 15) is 0 Å². The fraction of sp³-hybridized carbons (Fsp3) is 0. The molecule has 0 aliphatic heterocycles. The van der Waals surface area contributed by atoms with Gasteiger partial charge in [-0.05, 0) is 0 Å². The zero-order valence-electron chi connectivity index (χ0n) is 2.66. The molecule has 6 heteroatoms. The van der Waals surface area contributed by atoms with Crippen LogP contribution >= 0.6 is 0 Å². The number of rotatable bonds is 0. The van der Waals surface area contributed by atoms with Gasteiger partial charge in [0.05, 0.1) is 0 Å². The Morgan fingerprint density at radius 1 is 1.50 bits per heavy atom. The van der Waals surface area contributed by atoms with Gasteiger partial charge in [-0.3, -0.25) is 4.55 Å². The van der Waals surface area contributed by atoms with E-state index in [0.29, 0.717) is 0 Å². The maximum atomic E-state index is 8.63. The summed E-state index contributed by atoms with van der Waals surface area (Å²) in [4.78, 5) is 0. The Hall–Kier alpha value is 0.740. The molecule has 0 amide bonds. The van der Waals surface area contributed by atoms with Crippen molar-refractivity contribution in [3.8, 4) is 0 Å². The van der Waals surface area contributed by atoms with Crippen LogP contribution in [0.5, 0.6) is 0 Å². The van der Waals surface area contributed by atoms with E-state index in [1.807, 2.05) is 0 Å². The number of hydrogen-bond donors (Lipinski definition) is 1. The molecule has 0 spiro atoms. The molecule has 35 valence electrons. The molecule has 0 rings (SSSR count). The van der Waals surface area contributed by atoms with E-state index in [1.165, 1.54) is 0 Å². The Morgan fingerprint density at radius 3 is 1.50 bits per heavy atom. The van der Waals surface area contributed by atoms with Gasteiger partial charge in [-0.2, -0.15) is 0 Å². The summed E-state index contributed by atoms with van der Waals surface area (Å²) in [6.07, 6.45) is 0. The van der Waals surface area contributed by atoms with Crippen molar-refractivity contribution in [1.82, 2.24) is 0 Å². The zero-order chi connectivity index (χ0) is 4.50. The minimum absolute atomic E-state index is 0. The molecule has 0 saturated heterocycles. The molecule has 0 aromatic heterocycles. The van der Waals surface area contributed by atoms with Gasteiger partial charge >= 0.3 is 0 Å². The molecular weight excluding hydrogens is 141 g/mol. The summed E-state index contributed by atoms with van der Waals surface area (Å²) >= 11 is 0. The van der Waals surface area contributed by atoms with Crippen molar-refractivity contribution in [2.75, 3.05) is 0 Å². The zero-order valence-corrected chi connectivity index (χ0v) is 5.28. The van der Waals surface area contributed by atoms with E-state index < -0.39 is 10.4 Å². The number of hydrogen-bond acceptors (Lipinski definition) is 3. The van der Waals surface area contributed by atoms with Gasteiger partial charge in [0.2, 0.25) is 10.4 Å². The third-order valence-electron chi connectivity index (χ3n) is 0. The van der Waals surface area contributed by atoms with Crippen molar-refractivity contribution in [1.29, 1.82) is 0 Å². The third-order valence-corrected chi connectivity index (χ3v) is 0. The van der Waals surface area contributed by atoms with Crippen LogP contribution in [0.1, 0.15) is 0 Å². The fourth-order valence-electron chi connectivity index (χ4n) is 0. The van der Waals surface area contributed by atoms with Gasteiger partial charge in [0.1, 0.15) is 0 Å². The third kappa shape index (κ3) is 121. The maximum Gasteiger partial charge on any atom is 0.215 e. The molecule has 0 fully saturated rings. The maximum absolute atomic E-state index is 8.63. The Balaban J connectivity index is 0. The topological polar surface area (TPSA) is 77.4 Å². The molecule has 0 aromatic carbocycles. The van der Waals surface area contributed by atoms with Crippen molar-refractivity contribution >= 4 is 10.4 Å². The quantitative estimate of drug-likeness (QED) is 0.347. The molecule has 0 aliphatic carbocycles. The summed E-state index contributed by atoms with van der Waals surface area (Å²) in [5.74, 6) is 0. The predicted molar refractivity (Wildman–Crippen MR) is 12.3 cm³/mol. The Labute approximate surface area is 53.9 Å². The minimum atomic E-state index is -4.92. The van der Waals surface area contributed by atoms with E-state index in [0.717, 1.165) is 0 Å². The summed E-state index contributed by atoms with van der Waals surface area (Å²) in [5, 5.41) is 0. The molecule has 0 aliphatic rings. The summed E-state index contributed by atoms with van der Waals surface area (Å²) in [6, 6.07) is 0. The molecule has 1 radical (unpaired) electrons. The van der Waals surface area contributed by atoms with Crippen LogP contribution in [0.15, 0.2) is 0 Å². The van der Waals surface area contributed by atoms with E-state index in [-0.39, 0.29) is 25.8 Å². The van der Waals surface area contributed by atoms with Crippen LogP contribution in [-0.2, 0) is 36.2 Å². The summed E-state index contributed by atoms with van der Waals surface area (Å²) < 4.78 is 32.8. The van der Waals surface area contributed by atoms with Crippen molar-refractivity contribution in [2.24, 2.45) is 0 Å². The van der Waals surface area contributed by atoms with Gasteiger partial charge in [-0.1, -0.05) is 0 Å². The van der Waals surface area contributed by atoms with Crippen LogP contribution in [0, 0.1) is 0 Å². The molecule has 6 heavy (non-hydrogen) atoms. The first-order chi connectivity index (χ1) is 2.00. The average Bonchev–Trinajstić information content (AvgIpc) is 0.722. The monoisotopic (exact) mass is 142 g/mol. The van der Waals surface area contributed by atoms with Crippen LogP contribution in [0.3, 0.4) is 0 Å². The molecule has 0 saturated carbocycles. The second kappa shape index (κ2) is 2.84. The van der Waals surface area contributed by atoms with Crippen molar-refractivity contribution in [2.45, 2.75) is 0 Å². The van der Waals surface area contributed by atoms with Gasteiger partial charge < -0.3 is 4.55 Å². The van der Waals surface area contributed by atoms with Gasteiger partial charge in [0.25, 0.3) is 0 Å². The van der Waals surface area contributed by atoms with Crippen LogP contribution in [0.4, 0.5) is 0 Å². The van der Waals surface area contributed by atoms with Crippen LogP contribution in [0.25, 0.3) is 0 Å². The van der Waals surface area contributed by atoms with Crippen molar-refractivity contribution in [3.05, 3.63) is 0 Å². The summed E-state index contributed by atoms with van der Waals surface area (Å²) in [6.45, 7) is 0. The smallest absolute Gasteiger partial charge is 0.215 e. The molecule has 0 atom stereocenters. The molecule has 1 N–H and O–H groups in total. The van der Waals surface area contributed by atoms with Gasteiger partial charge in [0, 0.05) is 25.8 Å². The fourth-order valence-corrected chi connectivity index (χ4v) is 0. The first-order valence-corrected chi connectivity index (χ1v) is 2.05. The molecule has 0 bridgehead atoms. The standard InChI is InChI=1S/H2O4S.Sc/c1-5(2,3)4;/h(H2,1,2,3,4);/p-1. The van der Waals surface area contributed by atoms with E-state index >= 15 is 0 Å². The van der Waals surface area contributed by atoms with Crippen LogP contribution < -0.4 is 0 Å². The second-order valence-corrected chi connectivity index (χ2v) is 1.28. The first kappa shape index (κ1) is 9.88. The predicted octanol–water partition coefficient (Wildman–Crippen LogP) is -0.998. The molecule has 0 heterocycles. The van der Waals surface area contributed by atoms with Crippen molar-refractivity contribution < 1.29 is 43.4 Å². The minimum Gasteiger partial charge on any atom is -0.726 e. The SMILES string of the molecule is O=S(=O)([O-])O.[Sc]. The van der Waals surface area contributed by atoms with E-state index in [1.54, 1.807) is 0 Å². The normalized spacial score (nSPS) is 9.67. The largest absolute Gasteiger partial charge is 0.726 e.